The molecule has 1 heterocycles. The molecule has 3 aromatic rings. The van der Waals surface area contributed by atoms with E-state index >= 15 is 0 Å². The molecular formula is C27H25ClF3NO10S. The summed E-state index contributed by atoms with van der Waals surface area (Å²) < 4.78 is 81.4. The van der Waals surface area contributed by atoms with Gasteiger partial charge < -0.3 is 23.5 Å². The van der Waals surface area contributed by atoms with Gasteiger partial charge in [-0.3, -0.25) is 10.1 Å². The van der Waals surface area contributed by atoms with E-state index in [1.54, 1.807) is 18.2 Å². The van der Waals surface area contributed by atoms with Gasteiger partial charge in [0.25, 0.3) is 5.69 Å². The van der Waals surface area contributed by atoms with Gasteiger partial charge in [0.15, 0.2) is 0 Å². The second-order valence-corrected chi connectivity index (χ2v) is 11.5. The molecule has 232 valence electrons. The number of rotatable bonds is 8. The van der Waals surface area contributed by atoms with Crippen molar-refractivity contribution in [1.29, 1.82) is 0 Å². The SMILES string of the molecule is CCOC1Oc2ccc(OS(C)(=O)=O)cc2C1(C)C.O=C(O)c1cc(Oc2ccc(C(F)(F)F)cc2Cl)ccc1[N+](=O)[O-]. The van der Waals surface area contributed by atoms with Gasteiger partial charge >= 0.3 is 22.3 Å². The van der Waals surface area contributed by atoms with Crippen LogP contribution in [0.15, 0.2) is 54.6 Å². The molecule has 0 saturated heterocycles. The van der Waals surface area contributed by atoms with Gasteiger partial charge in [0.1, 0.15) is 28.6 Å². The van der Waals surface area contributed by atoms with Crippen LogP contribution in [0, 0.1) is 10.1 Å². The molecule has 0 aromatic heterocycles. The van der Waals surface area contributed by atoms with E-state index in [-0.39, 0.29) is 34.0 Å². The Morgan fingerprint density at radius 1 is 1.12 bits per heavy atom. The van der Waals surface area contributed by atoms with Gasteiger partial charge in [-0.05, 0) is 63.2 Å². The number of nitro groups is 1. The number of nitrogens with zero attached hydrogens (tertiary/aromatic N) is 1. The lowest BCUT2D eigenvalue weighted by atomic mass is 9.85. The summed E-state index contributed by atoms with van der Waals surface area (Å²) in [5.41, 5.74) is -1.72. The Labute approximate surface area is 249 Å². The number of aromatic carboxylic acids is 1. The lowest BCUT2D eigenvalue weighted by molar-refractivity contribution is -0.385. The summed E-state index contributed by atoms with van der Waals surface area (Å²) in [6.07, 6.45) is -3.93. The van der Waals surface area contributed by atoms with E-state index in [4.69, 9.17) is 35.1 Å². The van der Waals surface area contributed by atoms with Crippen molar-refractivity contribution < 1.29 is 54.8 Å². The van der Waals surface area contributed by atoms with E-state index < -0.39 is 44.0 Å². The quantitative estimate of drug-likeness (QED) is 0.157. The van der Waals surface area contributed by atoms with E-state index in [2.05, 4.69) is 0 Å². The van der Waals surface area contributed by atoms with Gasteiger partial charge in [-0.1, -0.05) is 11.6 Å². The fraction of sp³-hybridized carbons (Fsp3) is 0.296. The Hall–Kier alpha value is -4.08. The van der Waals surface area contributed by atoms with Crippen LogP contribution in [-0.4, -0.2) is 43.6 Å². The minimum atomic E-state index is -4.58. The zero-order chi connectivity index (χ0) is 32.3. The van der Waals surface area contributed by atoms with E-state index in [0.717, 1.165) is 42.2 Å². The molecule has 0 radical (unpaired) electrons. The number of carboxylic acids is 1. The van der Waals surface area contributed by atoms with Gasteiger partial charge in [-0.25, -0.2) is 4.79 Å². The summed E-state index contributed by atoms with van der Waals surface area (Å²) >= 11 is 5.72. The number of hydrogen-bond donors (Lipinski definition) is 1. The standard InChI is InChI=1S/C14H7ClF3NO5.C13H18O5S/c15-10-5-7(14(16,17)18)1-4-12(10)24-8-2-3-11(19(22)23)9(6-8)13(20)21;1-5-16-12-13(2,3)10-8-9(18-19(4,14)15)6-7-11(10)17-12/h1-6H,(H,20,21);6-8,12H,5H2,1-4H3. The highest BCUT2D eigenvalue weighted by Crippen LogP contribution is 2.45. The third-order valence-corrected chi connectivity index (χ3v) is 6.71. The highest BCUT2D eigenvalue weighted by molar-refractivity contribution is 7.86. The monoisotopic (exact) mass is 647 g/mol. The first-order valence-corrected chi connectivity index (χ1v) is 14.4. The number of halogens is 4. The van der Waals surface area contributed by atoms with Crippen molar-refractivity contribution in [3.05, 3.63) is 86.4 Å². The fourth-order valence-electron chi connectivity index (χ4n) is 3.92. The molecule has 43 heavy (non-hydrogen) atoms. The van der Waals surface area contributed by atoms with Crippen molar-refractivity contribution in [2.75, 3.05) is 12.9 Å². The first kappa shape index (κ1) is 33.4. The first-order valence-electron chi connectivity index (χ1n) is 12.2. The minimum absolute atomic E-state index is 0.125. The Balaban J connectivity index is 0.000000242. The molecule has 0 fully saturated rings. The molecule has 16 heteroatoms. The second-order valence-electron chi connectivity index (χ2n) is 9.56. The Kier molecular flexibility index (Phi) is 9.83. The first-order chi connectivity index (χ1) is 19.8. The Morgan fingerprint density at radius 2 is 1.77 bits per heavy atom. The molecule has 11 nitrogen and oxygen atoms in total. The summed E-state index contributed by atoms with van der Waals surface area (Å²) in [7, 11) is -3.53. The van der Waals surface area contributed by atoms with Crippen LogP contribution in [0.2, 0.25) is 5.02 Å². The number of nitro benzene ring substituents is 1. The molecule has 0 amide bonds. The van der Waals surface area contributed by atoms with Crippen LogP contribution in [0.4, 0.5) is 18.9 Å². The third-order valence-electron chi connectivity index (χ3n) is 5.92. The van der Waals surface area contributed by atoms with Crippen LogP contribution in [0.3, 0.4) is 0 Å². The van der Waals surface area contributed by atoms with Crippen molar-refractivity contribution in [2.45, 2.75) is 38.7 Å². The molecule has 4 rings (SSSR count). The number of carboxylic acid groups (broad SMARTS) is 1. The summed E-state index contributed by atoms with van der Waals surface area (Å²) in [6, 6.07) is 10.2. The minimum Gasteiger partial charge on any atom is -0.477 e. The van der Waals surface area contributed by atoms with Crippen molar-refractivity contribution in [3.8, 4) is 23.0 Å². The van der Waals surface area contributed by atoms with Gasteiger partial charge in [-0.15, -0.1) is 0 Å². The number of alkyl halides is 3. The average Bonchev–Trinajstić information content (AvgIpc) is 3.13. The molecule has 1 aliphatic heterocycles. The molecule has 3 aromatic carbocycles. The zero-order valence-corrected chi connectivity index (χ0v) is 24.5. The molecule has 1 unspecified atom stereocenters. The summed E-state index contributed by atoms with van der Waals surface area (Å²) in [5, 5.41) is 19.4. The maximum atomic E-state index is 12.6. The molecular weight excluding hydrogens is 623 g/mol. The third kappa shape index (κ3) is 8.27. The Morgan fingerprint density at radius 3 is 2.30 bits per heavy atom. The Bertz CT molecular complexity index is 1640. The van der Waals surface area contributed by atoms with E-state index in [1.807, 2.05) is 20.8 Å². The van der Waals surface area contributed by atoms with E-state index in [9.17, 15) is 36.5 Å². The van der Waals surface area contributed by atoms with Crippen molar-refractivity contribution >= 4 is 33.4 Å². The second kappa shape index (κ2) is 12.7. The summed E-state index contributed by atoms with van der Waals surface area (Å²) in [4.78, 5) is 20.9. The topological polar surface area (TPSA) is 152 Å². The van der Waals surface area contributed by atoms with Crippen LogP contribution >= 0.6 is 11.6 Å². The van der Waals surface area contributed by atoms with Crippen LogP contribution < -0.4 is 13.7 Å². The van der Waals surface area contributed by atoms with Crippen LogP contribution in [0.5, 0.6) is 23.0 Å². The van der Waals surface area contributed by atoms with Gasteiger partial charge in [0.2, 0.25) is 6.29 Å². The number of carbonyl (C=O) groups is 1. The van der Waals surface area contributed by atoms with E-state index in [0.29, 0.717) is 18.4 Å². The van der Waals surface area contributed by atoms with Gasteiger partial charge in [0.05, 0.1) is 27.2 Å². The molecule has 0 saturated carbocycles. The van der Waals surface area contributed by atoms with Crippen molar-refractivity contribution in [1.82, 2.24) is 0 Å². The fourth-order valence-corrected chi connectivity index (χ4v) is 4.59. The lowest BCUT2D eigenvalue weighted by Crippen LogP contribution is -2.34. The highest BCUT2D eigenvalue weighted by Gasteiger charge is 2.42. The number of fused-ring (bicyclic) bond motifs is 1. The van der Waals surface area contributed by atoms with Crippen molar-refractivity contribution in [3.63, 3.8) is 0 Å². The maximum absolute atomic E-state index is 12.6. The smallest absolute Gasteiger partial charge is 0.416 e. The molecule has 0 spiro atoms. The number of hydrogen-bond acceptors (Lipinski definition) is 9. The van der Waals surface area contributed by atoms with E-state index in [1.165, 1.54) is 0 Å². The average molecular weight is 648 g/mol. The van der Waals surface area contributed by atoms with Crippen LogP contribution in [0.1, 0.15) is 42.3 Å². The zero-order valence-electron chi connectivity index (χ0n) is 23.0. The summed E-state index contributed by atoms with van der Waals surface area (Å²) in [6.45, 7) is 6.43. The molecule has 1 aliphatic rings. The molecule has 1 atom stereocenters. The predicted octanol–water partition coefficient (Wildman–Crippen LogP) is 6.82. The normalized spacial score (nSPS) is 15.4. The highest BCUT2D eigenvalue weighted by atomic mass is 35.5. The largest absolute Gasteiger partial charge is 0.477 e. The molecule has 0 aliphatic carbocycles. The van der Waals surface area contributed by atoms with Gasteiger partial charge in [-0.2, -0.15) is 21.6 Å². The number of ether oxygens (including phenoxy) is 3. The predicted molar refractivity (Wildman–Crippen MR) is 148 cm³/mol. The lowest BCUT2D eigenvalue weighted by Gasteiger charge is -2.25. The van der Waals surface area contributed by atoms with Gasteiger partial charge in [0, 0.05) is 24.3 Å². The van der Waals surface area contributed by atoms with Crippen molar-refractivity contribution in [2.24, 2.45) is 0 Å². The number of benzene rings is 3. The molecule has 1 N–H and O–H groups in total. The maximum Gasteiger partial charge on any atom is 0.416 e. The molecule has 0 bridgehead atoms. The van der Waals surface area contributed by atoms with Crippen LogP contribution in [0.25, 0.3) is 0 Å². The summed E-state index contributed by atoms with van der Waals surface area (Å²) in [5.74, 6) is -0.848. The van der Waals surface area contributed by atoms with Crippen LogP contribution in [-0.2, 0) is 26.4 Å².